The molecule has 0 aliphatic carbocycles. The molecule has 0 fully saturated rings. The zero-order chi connectivity index (χ0) is 23.5. The van der Waals surface area contributed by atoms with E-state index in [1.54, 1.807) is 12.3 Å². The lowest BCUT2D eigenvalue weighted by molar-refractivity contribution is 1.11. The molecule has 3 heterocycles. The van der Waals surface area contributed by atoms with Crippen LogP contribution in [0.25, 0.3) is 45.2 Å². The number of benzene rings is 2. The molecule has 0 unspecified atom stereocenters. The first kappa shape index (κ1) is 21.2. The number of H-pyrrole nitrogens is 2. The highest BCUT2D eigenvalue weighted by molar-refractivity contribution is 5.95. The van der Waals surface area contributed by atoms with Crippen LogP contribution in [-0.4, -0.2) is 20.2 Å². The fraction of sp³-hybridized carbons (Fsp3) is 0.0345. The summed E-state index contributed by atoms with van der Waals surface area (Å²) in [5.74, 6) is 0. The lowest BCUT2D eigenvalue weighted by atomic mass is 10.0. The molecule has 0 aliphatic rings. The summed E-state index contributed by atoms with van der Waals surface area (Å²) in [6.07, 6.45) is 9.42. The third-order valence-corrected chi connectivity index (χ3v) is 5.77. The number of allylic oxidation sites excluding steroid dienone is 2. The summed E-state index contributed by atoms with van der Waals surface area (Å²) < 4.78 is 0. The molecular formula is C29H25N5. The fourth-order valence-electron chi connectivity index (χ4n) is 4.00. The van der Waals surface area contributed by atoms with Gasteiger partial charge in [0.1, 0.15) is 5.69 Å². The average molecular weight is 444 g/mol. The third kappa shape index (κ3) is 4.19. The van der Waals surface area contributed by atoms with E-state index in [-0.39, 0.29) is 0 Å². The highest BCUT2D eigenvalue weighted by Crippen LogP contribution is 2.32. The number of fused-ring (bicyclic) bond motifs is 1. The molecule has 5 aromatic rings. The molecule has 0 atom stereocenters. The number of hydrogen-bond acceptors (Lipinski definition) is 3. The Morgan fingerprint density at radius 2 is 1.85 bits per heavy atom. The Balaban J connectivity index is 1.47. The van der Waals surface area contributed by atoms with Crippen molar-refractivity contribution in [1.29, 1.82) is 0 Å². The topological polar surface area (TPSA) is 69.4 Å². The molecule has 0 saturated carbocycles. The minimum Gasteiger partial charge on any atom is -0.357 e. The van der Waals surface area contributed by atoms with Gasteiger partial charge in [0.25, 0.3) is 0 Å². The van der Waals surface area contributed by atoms with Gasteiger partial charge in [-0.05, 0) is 47.9 Å². The monoisotopic (exact) mass is 443 g/mol. The van der Waals surface area contributed by atoms with Gasteiger partial charge in [-0.3, -0.25) is 10.1 Å². The molecule has 0 radical (unpaired) electrons. The van der Waals surface area contributed by atoms with E-state index in [9.17, 15) is 0 Å². The van der Waals surface area contributed by atoms with E-state index in [0.717, 1.165) is 61.6 Å². The smallest absolute Gasteiger partial charge is 0.116 e. The van der Waals surface area contributed by atoms with Crippen molar-refractivity contribution in [1.82, 2.24) is 20.2 Å². The van der Waals surface area contributed by atoms with Gasteiger partial charge in [-0.15, -0.1) is 0 Å². The molecule has 166 valence electrons. The van der Waals surface area contributed by atoms with Crippen LogP contribution in [0.15, 0.2) is 98.4 Å². The third-order valence-electron chi connectivity index (χ3n) is 5.77. The number of aryl methyl sites for hydroxylation is 1. The van der Waals surface area contributed by atoms with Gasteiger partial charge in [0.15, 0.2) is 0 Å². The van der Waals surface area contributed by atoms with E-state index in [0.29, 0.717) is 0 Å². The van der Waals surface area contributed by atoms with E-state index in [1.807, 2.05) is 48.7 Å². The Labute approximate surface area is 198 Å². The number of nitrogens with one attached hydrogen (secondary N) is 3. The van der Waals surface area contributed by atoms with Gasteiger partial charge in [0.05, 0.1) is 23.1 Å². The number of anilines is 1. The summed E-state index contributed by atoms with van der Waals surface area (Å²) in [6, 6.07) is 20.5. The first-order valence-corrected chi connectivity index (χ1v) is 11.1. The van der Waals surface area contributed by atoms with Crippen molar-refractivity contribution in [3.63, 3.8) is 0 Å². The van der Waals surface area contributed by atoms with Crippen LogP contribution < -0.4 is 5.32 Å². The summed E-state index contributed by atoms with van der Waals surface area (Å²) in [5, 5.41) is 12.2. The van der Waals surface area contributed by atoms with Crippen molar-refractivity contribution in [2.45, 2.75) is 6.92 Å². The molecule has 3 aromatic heterocycles. The maximum absolute atomic E-state index is 4.59. The summed E-state index contributed by atoms with van der Waals surface area (Å²) in [6.45, 7) is 9.97. The Morgan fingerprint density at radius 1 is 1.00 bits per heavy atom. The van der Waals surface area contributed by atoms with Crippen molar-refractivity contribution in [3.8, 4) is 22.5 Å². The molecule has 0 amide bonds. The van der Waals surface area contributed by atoms with Crippen molar-refractivity contribution >= 4 is 28.4 Å². The molecule has 0 aliphatic heterocycles. The van der Waals surface area contributed by atoms with Crippen LogP contribution in [0.1, 0.15) is 16.8 Å². The molecule has 0 saturated heterocycles. The molecule has 34 heavy (non-hydrogen) atoms. The highest BCUT2D eigenvalue weighted by atomic mass is 15.1. The van der Waals surface area contributed by atoms with Gasteiger partial charge in [-0.25, -0.2) is 0 Å². The van der Waals surface area contributed by atoms with Crippen molar-refractivity contribution in [2.24, 2.45) is 0 Å². The summed E-state index contributed by atoms with van der Waals surface area (Å²) in [5.41, 5.74) is 9.87. The van der Waals surface area contributed by atoms with Crippen LogP contribution >= 0.6 is 0 Å². The number of aromatic nitrogens is 4. The highest BCUT2D eigenvalue weighted by Gasteiger charge is 2.13. The Kier molecular flexibility index (Phi) is 5.67. The van der Waals surface area contributed by atoms with Gasteiger partial charge in [0.2, 0.25) is 0 Å². The van der Waals surface area contributed by atoms with Crippen LogP contribution in [-0.2, 0) is 0 Å². The van der Waals surface area contributed by atoms with E-state index in [2.05, 4.69) is 75.9 Å². The SMILES string of the molecule is C=C/C=C\c1cc(-c2n[nH]c3ccc(-c4cncc(NC(=C)c5ccccc5)c4)cc23)[nH]c1C. The maximum atomic E-state index is 4.59. The standard InChI is InChI=1S/C29H25N5/c1-4-5-9-22-16-28(32-20(22)3)29-26-15-23(12-13-27(26)33-34-29)24-14-25(18-30-17-24)31-19(2)21-10-7-6-8-11-21/h4-18,31-32H,1-2H2,3H3,(H,33,34)/b9-5-. The Bertz CT molecular complexity index is 1520. The molecule has 0 spiro atoms. The van der Waals surface area contributed by atoms with Crippen molar-refractivity contribution in [2.75, 3.05) is 5.32 Å². The number of hydrogen-bond donors (Lipinski definition) is 3. The molecule has 3 N–H and O–H groups in total. The summed E-state index contributed by atoms with van der Waals surface area (Å²) in [7, 11) is 0. The van der Waals surface area contributed by atoms with E-state index < -0.39 is 0 Å². The van der Waals surface area contributed by atoms with Crippen LogP contribution in [0.2, 0.25) is 0 Å². The predicted octanol–water partition coefficient (Wildman–Crippen LogP) is 7.21. The van der Waals surface area contributed by atoms with Crippen LogP contribution in [0.4, 0.5) is 5.69 Å². The zero-order valence-electron chi connectivity index (χ0n) is 19.0. The van der Waals surface area contributed by atoms with Crippen LogP contribution in [0.5, 0.6) is 0 Å². The van der Waals surface area contributed by atoms with Gasteiger partial charge >= 0.3 is 0 Å². The van der Waals surface area contributed by atoms with Gasteiger partial charge in [0, 0.05) is 28.5 Å². The van der Waals surface area contributed by atoms with Gasteiger partial charge in [-0.2, -0.15) is 5.10 Å². The van der Waals surface area contributed by atoms with E-state index in [1.165, 1.54) is 0 Å². The minimum atomic E-state index is 0.829. The largest absolute Gasteiger partial charge is 0.357 e. The van der Waals surface area contributed by atoms with Gasteiger partial charge < -0.3 is 10.3 Å². The normalized spacial score (nSPS) is 11.2. The molecule has 5 rings (SSSR count). The number of nitrogens with zero attached hydrogens (tertiary/aromatic N) is 2. The average Bonchev–Trinajstić information content (AvgIpc) is 3.46. The zero-order valence-corrected chi connectivity index (χ0v) is 19.0. The number of aromatic amines is 2. The lowest BCUT2D eigenvalue weighted by Crippen LogP contribution is -1.98. The number of rotatable bonds is 7. The fourth-order valence-corrected chi connectivity index (χ4v) is 4.00. The molecular weight excluding hydrogens is 418 g/mol. The molecule has 2 aromatic carbocycles. The lowest BCUT2D eigenvalue weighted by Gasteiger charge is -2.11. The summed E-state index contributed by atoms with van der Waals surface area (Å²) >= 11 is 0. The Hall–Kier alpha value is -4.64. The second-order valence-electron chi connectivity index (χ2n) is 8.12. The second-order valence-corrected chi connectivity index (χ2v) is 8.12. The molecule has 5 heteroatoms. The molecule has 0 bridgehead atoms. The molecule has 5 nitrogen and oxygen atoms in total. The predicted molar refractivity (Wildman–Crippen MR) is 142 cm³/mol. The maximum Gasteiger partial charge on any atom is 0.116 e. The first-order valence-electron chi connectivity index (χ1n) is 11.1. The van der Waals surface area contributed by atoms with Crippen molar-refractivity contribution < 1.29 is 0 Å². The Morgan fingerprint density at radius 3 is 2.68 bits per heavy atom. The summed E-state index contributed by atoms with van der Waals surface area (Å²) in [4.78, 5) is 7.90. The van der Waals surface area contributed by atoms with E-state index >= 15 is 0 Å². The first-order chi connectivity index (χ1) is 16.6. The quantitative estimate of drug-likeness (QED) is 0.233. The van der Waals surface area contributed by atoms with Crippen molar-refractivity contribution in [3.05, 3.63) is 115 Å². The van der Waals surface area contributed by atoms with E-state index in [4.69, 9.17) is 0 Å². The van der Waals surface area contributed by atoms with Crippen LogP contribution in [0.3, 0.4) is 0 Å². The van der Waals surface area contributed by atoms with Gasteiger partial charge in [-0.1, -0.05) is 67.8 Å². The second kappa shape index (κ2) is 9.08. The van der Waals surface area contributed by atoms with Crippen LogP contribution in [0, 0.1) is 6.92 Å². The minimum absolute atomic E-state index is 0.829. The number of pyridine rings is 1.